The lowest BCUT2D eigenvalue weighted by molar-refractivity contribution is 0.280. The van der Waals surface area contributed by atoms with Crippen LogP contribution in [0, 0.1) is 0 Å². The van der Waals surface area contributed by atoms with Gasteiger partial charge in [0.25, 0.3) is 0 Å². The van der Waals surface area contributed by atoms with Gasteiger partial charge in [0.15, 0.2) is 11.5 Å². The van der Waals surface area contributed by atoms with Gasteiger partial charge in [-0.15, -0.1) is 0 Å². The topological polar surface area (TPSA) is 63.6 Å². The molecule has 122 valence electrons. The zero-order chi connectivity index (χ0) is 17.0. The van der Waals surface area contributed by atoms with Crippen LogP contribution in [-0.4, -0.2) is 13.5 Å². The van der Waals surface area contributed by atoms with E-state index in [2.05, 4.69) is 0 Å². The molecule has 0 fully saturated rings. The summed E-state index contributed by atoms with van der Waals surface area (Å²) >= 11 is 0. The van der Waals surface area contributed by atoms with E-state index in [1.165, 1.54) is 30.3 Å². The van der Waals surface area contributed by atoms with Crippen molar-refractivity contribution in [2.75, 3.05) is 0 Å². The second-order valence-electron chi connectivity index (χ2n) is 5.20. The summed E-state index contributed by atoms with van der Waals surface area (Å²) in [6.07, 6.45) is 0. The number of phenolic OH excluding ortho intramolecular Hbond substituents is 1. The van der Waals surface area contributed by atoms with Crippen LogP contribution in [-0.2, 0) is 16.4 Å². The molecular formula is C19H16O4S. The molecule has 0 bridgehead atoms. The Kier molecular flexibility index (Phi) is 4.53. The van der Waals surface area contributed by atoms with E-state index in [1.54, 1.807) is 18.2 Å². The first kappa shape index (κ1) is 16.1. The molecule has 3 aromatic rings. The molecule has 4 nitrogen and oxygen atoms in total. The Balaban J connectivity index is 1.99. The van der Waals surface area contributed by atoms with Crippen molar-refractivity contribution in [1.29, 1.82) is 0 Å². The standard InChI is InChI=1S/C19H16O4S/c20-17-12-7-13-18(24(21,22)16-10-5-2-6-11-16)19(17)23-14-15-8-3-1-4-9-15/h1-13,20H,14H2. The molecule has 0 saturated carbocycles. The van der Waals surface area contributed by atoms with Crippen LogP contribution in [0.1, 0.15) is 5.56 Å². The van der Waals surface area contributed by atoms with Crippen molar-refractivity contribution in [3.05, 3.63) is 84.4 Å². The van der Waals surface area contributed by atoms with Crippen LogP contribution in [0.25, 0.3) is 0 Å². The summed E-state index contributed by atoms with van der Waals surface area (Å²) < 4.78 is 31.3. The van der Waals surface area contributed by atoms with Crippen molar-refractivity contribution in [1.82, 2.24) is 0 Å². The minimum atomic E-state index is -3.78. The molecule has 0 atom stereocenters. The molecule has 0 radical (unpaired) electrons. The van der Waals surface area contributed by atoms with E-state index >= 15 is 0 Å². The fourth-order valence-electron chi connectivity index (χ4n) is 2.32. The summed E-state index contributed by atoms with van der Waals surface area (Å²) in [6, 6.07) is 21.8. The Labute approximate surface area is 140 Å². The number of para-hydroxylation sites is 1. The smallest absolute Gasteiger partial charge is 0.210 e. The van der Waals surface area contributed by atoms with Gasteiger partial charge in [0, 0.05) is 0 Å². The highest BCUT2D eigenvalue weighted by molar-refractivity contribution is 7.91. The number of benzene rings is 3. The van der Waals surface area contributed by atoms with Gasteiger partial charge in [0.2, 0.25) is 9.84 Å². The molecule has 3 aromatic carbocycles. The molecular weight excluding hydrogens is 324 g/mol. The molecule has 0 spiro atoms. The van der Waals surface area contributed by atoms with Gasteiger partial charge >= 0.3 is 0 Å². The second kappa shape index (κ2) is 6.76. The summed E-state index contributed by atoms with van der Waals surface area (Å²) in [5, 5.41) is 10.1. The molecule has 0 aliphatic rings. The van der Waals surface area contributed by atoms with Crippen LogP contribution in [0.15, 0.2) is 88.7 Å². The van der Waals surface area contributed by atoms with Crippen LogP contribution < -0.4 is 4.74 Å². The number of aromatic hydroxyl groups is 1. The molecule has 24 heavy (non-hydrogen) atoms. The van der Waals surface area contributed by atoms with Crippen LogP contribution in [0.4, 0.5) is 0 Å². The normalized spacial score (nSPS) is 11.2. The molecule has 0 unspecified atom stereocenters. The maximum Gasteiger partial charge on any atom is 0.210 e. The SMILES string of the molecule is O=S(=O)(c1ccccc1)c1cccc(O)c1OCc1ccccc1. The van der Waals surface area contributed by atoms with E-state index in [1.807, 2.05) is 30.3 Å². The Morgan fingerprint density at radius 1 is 0.792 bits per heavy atom. The van der Waals surface area contributed by atoms with Crippen molar-refractivity contribution in [2.45, 2.75) is 16.4 Å². The van der Waals surface area contributed by atoms with Gasteiger partial charge in [-0.3, -0.25) is 0 Å². The average molecular weight is 340 g/mol. The monoisotopic (exact) mass is 340 g/mol. The molecule has 5 heteroatoms. The van der Waals surface area contributed by atoms with E-state index in [0.717, 1.165) is 5.56 Å². The molecule has 3 rings (SSSR count). The highest BCUT2D eigenvalue weighted by atomic mass is 32.2. The predicted octanol–water partition coefficient (Wildman–Crippen LogP) is 3.80. The Bertz CT molecular complexity index is 920. The zero-order valence-corrected chi connectivity index (χ0v) is 13.6. The Morgan fingerprint density at radius 3 is 2.08 bits per heavy atom. The van der Waals surface area contributed by atoms with E-state index in [0.29, 0.717) is 0 Å². The third kappa shape index (κ3) is 3.26. The third-order valence-corrected chi connectivity index (χ3v) is 5.32. The van der Waals surface area contributed by atoms with Crippen molar-refractivity contribution in [3.8, 4) is 11.5 Å². The molecule has 0 heterocycles. The first-order chi connectivity index (χ1) is 11.6. The minimum Gasteiger partial charge on any atom is -0.504 e. The molecule has 0 saturated heterocycles. The summed E-state index contributed by atoms with van der Waals surface area (Å²) in [4.78, 5) is 0.102. The predicted molar refractivity (Wildman–Crippen MR) is 90.8 cm³/mol. The number of sulfone groups is 1. The Hall–Kier alpha value is -2.79. The van der Waals surface area contributed by atoms with E-state index in [-0.39, 0.29) is 27.9 Å². The second-order valence-corrected chi connectivity index (χ2v) is 7.11. The summed E-state index contributed by atoms with van der Waals surface area (Å²) in [7, 11) is -3.78. The molecule has 0 aromatic heterocycles. The van der Waals surface area contributed by atoms with Crippen molar-refractivity contribution in [3.63, 3.8) is 0 Å². The van der Waals surface area contributed by atoms with Crippen molar-refractivity contribution < 1.29 is 18.3 Å². The first-order valence-electron chi connectivity index (χ1n) is 7.38. The van der Waals surface area contributed by atoms with Gasteiger partial charge in [0.1, 0.15) is 11.5 Å². The largest absolute Gasteiger partial charge is 0.504 e. The van der Waals surface area contributed by atoms with E-state index in [9.17, 15) is 13.5 Å². The number of ether oxygens (including phenoxy) is 1. The van der Waals surface area contributed by atoms with Gasteiger partial charge in [-0.1, -0.05) is 54.6 Å². The van der Waals surface area contributed by atoms with Crippen LogP contribution in [0.2, 0.25) is 0 Å². The van der Waals surface area contributed by atoms with Gasteiger partial charge < -0.3 is 9.84 Å². The number of hydrogen-bond donors (Lipinski definition) is 1. The van der Waals surface area contributed by atoms with Crippen molar-refractivity contribution in [2.24, 2.45) is 0 Å². The van der Waals surface area contributed by atoms with Gasteiger partial charge in [-0.2, -0.15) is 0 Å². The maximum absolute atomic E-state index is 12.8. The van der Waals surface area contributed by atoms with E-state index < -0.39 is 9.84 Å². The lowest BCUT2D eigenvalue weighted by Crippen LogP contribution is -2.06. The summed E-state index contributed by atoms with van der Waals surface area (Å²) in [5.41, 5.74) is 0.879. The molecule has 0 aliphatic carbocycles. The third-order valence-electron chi connectivity index (χ3n) is 3.53. The van der Waals surface area contributed by atoms with Gasteiger partial charge in [-0.25, -0.2) is 8.42 Å². The number of hydrogen-bond acceptors (Lipinski definition) is 4. The highest BCUT2D eigenvalue weighted by Gasteiger charge is 2.24. The van der Waals surface area contributed by atoms with Gasteiger partial charge in [-0.05, 0) is 29.8 Å². The summed E-state index contributed by atoms with van der Waals surface area (Å²) in [6.45, 7) is 0.162. The lowest BCUT2D eigenvalue weighted by atomic mass is 10.2. The van der Waals surface area contributed by atoms with Crippen molar-refractivity contribution >= 4 is 9.84 Å². The first-order valence-corrected chi connectivity index (χ1v) is 8.86. The molecule has 0 aliphatic heterocycles. The fraction of sp³-hybridized carbons (Fsp3) is 0.0526. The van der Waals surface area contributed by atoms with Crippen LogP contribution >= 0.6 is 0 Å². The van der Waals surface area contributed by atoms with Crippen LogP contribution in [0.3, 0.4) is 0 Å². The fourth-order valence-corrected chi connectivity index (χ4v) is 3.75. The lowest BCUT2D eigenvalue weighted by Gasteiger charge is -2.13. The van der Waals surface area contributed by atoms with E-state index in [4.69, 9.17) is 4.74 Å². The Morgan fingerprint density at radius 2 is 1.42 bits per heavy atom. The quantitative estimate of drug-likeness (QED) is 0.767. The van der Waals surface area contributed by atoms with Crippen LogP contribution in [0.5, 0.6) is 11.5 Å². The molecule has 0 amide bonds. The zero-order valence-electron chi connectivity index (χ0n) is 12.8. The highest BCUT2D eigenvalue weighted by Crippen LogP contribution is 2.36. The minimum absolute atomic E-state index is 0.0368. The average Bonchev–Trinajstić information content (AvgIpc) is 2.62. The number of phenols is 1. The maximum atomic E-state index is 12.8. The van der Waals surface area contributed by atoms with Gasteiger partial charge in [0.05, 0.1) is 4.90 Å². The summed E-state index contributed by atoms with van der Waals surface area (Å²) in [5.74, 6) is -0.242. The number of rotatable bonds is 5. The molecule has 1 N–H and O–H groups in total.